The molecule has 0 bridgehead atoms. The number of hydrogen-bond donors (Lipinski definition) is 0. The summed E-state index contributed by atoms with van der Waals surface area (Å²) in [5, 5.41) is 26.4. The molecule has 0 heterocycles. The van der Waals surface area contributed by atoms with E-state index in [1.807, 2.05) is 0 Å². The third kappa shape index (κ3) is 10.9. The summed E-state index contributed by atoms with van der Waals surface area (Å²) in [4.78, 5) is 0. The van der Waals surface area contributed by atoms with Crippen LogP contribution in [0.25, 0.3) is 152 Å². The average molecular weight is 1290 g/mol. The molecule has 0 unspecified atom stereocenters. The topological polar surface area (TPSA) is 0 Å². The van der Waals surface area contributed by atoms with Crippen molar-refractivity contribution in [3.63, 3.8) is 0 Å². The summed E-state index contributed by atoms with van der Waals surface area (Å²) in [6.45, 7) is 4.31. The Morgan fingerprint density at radius 3 is 0.744 bits per heavy atom. The summed E-state index contributed by atoms with van der Waals surface area (Å²) >= 11 is -0.826. The Morgan fingerprint density at radius 1 is 0.311 bits per heavy atom. The van der Waals surface area contributed by atoms with Gasteiger partial charge in [0, 0.05) is 9.52 Å². The van der Waals surface area contributed by atoms with Gasteiger partial charge in [0.2, 0.25) is 0 Å². The van der Waals surface area contributed by atoms with Crippen LogP contribution >= 0.6 is 17.0 Å². The molecule has 2 aliphatic rings. The fourth-order valence-electron chi connectivity index (χ4n) is 15.1. The minimum Gasteiger partial charge on any atom is -0.164 e. The van der Waals surface area contributed by atoms with Gasteiger partial charge in [-0.2, -0.15) is 12.1 Å². The first-order valence-corrected chi connectivity index (χ1v) is 40.4. The van der Waals surface area contributed by atoms with Crippen molar-refractivity contribution in [1.82, 2.24) is 0 Å². The van der Waals surface area contributed by atoms with E-state index in [2.05, 4.69) is 280 Å². The third-order valence-corrected chi connectivity index (χ3v) is 19.6. The fourth-order valence-corrected chi connectivity index (χ4v) is 15.1. The van der Waals surface area contributed by atoms with Gasteiger partial charge in [0.25, 0.3) is 0 Å². The van der Waals surface area contributed by atoms with Crippen LogP contribution in [0.4, 0.5) is 0 Å². The third-order valence-electron chi connectivity index (χ3n) is 19.6. The first-order valence-electron chi connectivity index (χ1n) is 32.1. The van der Waals surface area contributed by atoms with Crippen LogP contribution in [0, 0.1) is 11.8 Å². The van der Waals surface area contributed by atoms with Gasteiger partial charge in [-0.3, -0.25) is 0 Å². The number of rotatable bonds is 8. The van der Waals surface area contributed by atoms with Crippen LogP contribution in [-0.2, 0) is 33.7 Å². The van der Waals surface area contributed by atoms with Gasteiger partial charge in [-0.15, -0.1) is 44.8 Å². The van der Waals surface area contributed by atoms with Crippen LogP contribution < -0.4 is 0 Å². The summed E-state index contributed by atoms with van der Waals surface area (Å²) < 4.78 is 0. The minimum atomic E-state index is -0.826. The molecule has 0 amide bonds. The Balaban J connectivity index is 0.000000138. The van der Waals surface area contributed by atoms with Gasteiger partial charge < -0.3 is 0 Å². The van der Waals surface area contributed by atoms with Gasteiger partial charge in [0.15, 0.2) is 0 Å². The summed E-state index contributed by atoms with van der Waals surface area (Å²) in [5.41, 5.74) is 13.7. The van der Waals surface area contributed by atoms with E-state index in [1.54, 1.807) is 0 Å². The fraction of sp³-hybridized carbons (Fsp3) is 0.140. The largest absolute Gasteiger partial charge is 0.164 e. The van der Waals surface area contributed by atoms with Gasteiger partial charge in [0.05, 0.1) is 0 Å². The van der Waals surface area contributed by atoms with E-state index in [9.17, 15) is 0 Å². The molecule has 2 saturated carbocycles. The molecule has 434 valence electrons. The van der Waals surface area contributed by atoms with Gasteiger partial charge in [-0.1, -0.05) is 292 Å². The summed E-state index contributed by atoms with van der Waals surface area (Å²) in [6, 6.07) is 100. The first-order chi connectivity index (χ1) is 44.5. The van der Waals surface area contributed by atoms with Crippen molar-refractivity contribution < 1.29 is 20.8 Å². The average Bonchev–Trinajstić information content (AvgIpc) is 1.33. The summed E-state index contributed by atoms with van der Waals surface area (Å²) in [7, 11) is 11.0. The van der Waals surface area contributed by atoms with E-state index < -0.39 is 20.8 Å². The van der Waals surface area contributed by atoms with Gasteiger partial charge in [-0.25, -0.2) is 0 Å². The zero-order valence-electron chi connectivity index (χ0n) is 51.0. The molecule has 90 heavy (non-hydrogen) atoms. The van der Waals surface area contributed by atoms with E-state index in [0.29, 0.717) is 0 Å². The van der Waals surface area contributed by atoms with Crippen LogP contribution in [0.1, 0.15) is 49.7 Å². The Labute approximate surface area is 549 Å². The van der Waals surface area contributed by atoms with Crippen molar-refractivity contribution in [2.75, 3.05) is 0 Å². The van der Waals surface area contributed by atoms with Crippen molar-refractivity contribution >= 4 is 134 Å². The first kappa shape index (κ1) is 58.4. The number of benzene rings is 14. The van der Waals surface area contributed by atoms with Gasteiger partial charge in [0.1, 0.15) is 0 Å². The van der Waals surface area contributed by atoms with E-state index >= 15 is 0 Å². The number of hydrogen-bond acceptors (Lipinski definition) is 0. The molecule has 2 aliphatic carbocycles. The molecule has 0 atom stereocenters. The molecular formula is C86H68Cl2SiZr. The number of fused-ring (bicyclic) bond motifs is 10. The van der Waals surface area contributed by atoms with Crippen molar-refractivity contribution in [2.24, 2.45) is 11.8 Å². The van der Waals surface area contributed by atoms with Gasteiger partial charge >= 0.3 is 37.9 Å². The zero-order chi connectivity index (χ0) is 60.7. The molecule has 0 N–H and O–H groups in total. The van der Waals surface area contributed by atoms with Crippen molar-refractivity contribution in [2.45, 2.75) is 64.5 Å². The Morgan fingerprint density at radius 2 is 0.522 bits per heavy atom. The molecule has 16 aromatic rings. The Hall–Kier alpha value is -7.94. The maximum atomic E-state index is 4.93. The molecule has 0 aliphatic heterocycles. The minimum absolute atomic E-state index is 0.825. The molecule has 2 radical (unpaired) electrons. The molecule has 0 spiro atoms. The molecule has 0 nitrogen and oxygen atoms in total. The predicted octanol–water partition coefficient (Wildman–Crippen LogP) is 25.9. The smallest absolute Gasteiger partial charge is 0.0107 e. The standard InChI is InChI=1S/2C42H31.C2H6Si.2ClH.Zr/c2*1-5-16-33-29(12-1)25-30-13-2-6-17-34(30)41(33)37-20-21-38(40-24-28(23-39(37)40)22-27-10-9-11-27)42-35-18-7-3-14-31(35)26-32-15-4-8-19-36(32)42;1-3-2;;;/h2*1-8,12-21,23-27H,9-11,22H2;1-2H3;2*1H;/q2*-1;;;;+4/p-2. The molecule has 18 rings (SSSR count). The van der Waals surface area contributed by atoms with Crippen LogP contribution in [0.2, 0.25) is 13.1 Å². The second-order valence-electron chi connectivity index (χ2n) is 25.1. The van der Waals surface area contributed by atoms with Crippen molar-refractivity contribution in [3.8, 4) is 44.5 Å². The molecule has 0 aromatic heterocycles. The maximum absolute atomic E-state index is 4.93. The van der Waals surface area contributed by atoms with E-state index in [1.165, 1.54) is 215 Å². The van der Waals surface area contributed by atoms with E-state index in [4.69, 9.17) is 17.0 Å². The molecule has 2 fully saturated rings. The zero-order valence-corrected chi connectivity index (χ0v) is 55.9. The van der Waals surface area contributed by atoms with E-state index in [-0.39, 0.29) is 0 Å². The van der Waals surface area contributed by atoms with Crippen molar-refractivity contribution in [1.29, 1.82) is 0 Å². The van der Waals surface area contributed by atoms with Gasteiger partial charge in [-0.05, 0) is 157 Å². The Kier molecular flexibility index (Phi) is 16.7. The molecule has 0 saturated heterocycles. The SMILES string of the molecule is C[Si]C.[Cl][Zr+2][Cl].c1ccc2c(-c3ccc(-c4c5ccccc5cc5ccccc45)c4[cH-]c(CC5CCC5)cc34)c3ccccc3cc2c1.c1ccc2c(-c3ccc(-c4c5ccccc5cc5ccccc45)c4[cH-]c(CC5CCC5)cc34)c3ccccc3cc2c1. The molecule has 4 heteroatoms. The molecular weight excluding hydrogens is 1220 g/mol. The number of halogens is 2. The van der Waals surface area contributed by atoms with Crippen LogP contribution in [0.3, 0.4) is 0 Å². The van der Waals surface area contributed by atoms with Crippen LogP contribution in [-0.4, -0.2) is 9.52 Å². The normalized spacial score (nSPS) is 13.3. The predicted molar refractivity (Wildman–Crippen MR) is 392 cm³/mol. The van der Waals surface area contributed by atoms with Crippen LogP contribution in [0.15, 0.2) is 267 Å². The van der Waals surface area contributed by atoms with Crippen LogP contribution in [0.5, 0.6) is 0 Å². The Bertz CT molecular complexity index is 4490. The quantitative estimate of drug-likeness (QED) is 0.0808. The maximum Gasteiger partial charge on any atom is -0.0107 e. The van der Waals surface area contributed by atoms with E-state index in [0.717, 1.165) is 21.4 Å². The monoisotopic (exact) mass is 1290 g/mol. The molecule has 16 aromatic carbocycles. The van der Waals surface area contributed by atoms with Crippen molar-refractivity contribution in [3.05, 3.63) is 278 Å². The second-order valence-corrected chi connectivity index (χ2v) is 29.8. The summed E-state index contributed by atoms with van der Waals surface area (Å²) in [6.07, 6.45) is 10.6. The summed E-state index contributed by atoms with van der Waals surface area (Å²) in [5.74, 6) is 1.65. The second kappa shape index (κ2) is 25.7.